The van der Waals surface area contributed by atoms with Crippen LogP contribution in [0.2, 0.25) is 0 Å². The summed E-state index contributed by atoms with van der Waals surface area (Å²) < 4.78 is 46.4. The lowest BCUT2D eigenvalue weighted by atomic mass is 9.87. The third kappa shape index (κ3) is 10.1. The minimum Gasteiger partial charge on any atom is -0.487 e. The Morgan fingerprint density at radius 2 is 1.81 bits per heavy atom. The molecule has 1 amide bonds. The molecule has 9 nitrogen and oxygen atoms in total. The third-order valence-electron chi connectivity index (χ3n) is 8.79. The van der Waals surface area contributed by atoms with Gasteiger partial charge in [-0.15, -0.1) is 0 Å². The van der Waals surface area contributed by atoms with Crippen LogP contribution in [0.25, 0.3) is 0 Å². The number of halogens is 2. The van der Waals surface area contributed by atoms with Crippen LogP contribution in [-0.2, 0) is 11.2 Å². The molecule has 4 rings (SSSR count). The SMILES string of the molecule is CC(C)=CCC/C(C)=C/CC/C(C)=C/CC[C@]1(C)CCc2cc(OC(=O)Nc3ccn(C4OC(CO)CC4(F)F)c(=O)n3)cc(C)c2O1. The van der Waals surface area contributed by atoms with Gasteiger partial charge in [0.2, 0.25) is 6.23 Å². The van der Waals surface area contributed by atoms with Crippen LogP contribution in [0.4, 0.5) is 19.4 Å². The van der Waals surface area contributed by atoms with E-state index in [4.69, 9.17) is 14.2 Å². The normalized spacial score (nSPS) is 22.1. The maximum Gasteiger partial charge on any atom is 0.418 e. The van der Waals surface area contributed by atoms with Crippen molar-refractivity contribution < 1.29 is 32.9 Å². The summed E-state index contributed by atoms with van der Waals surface area (Å²) in [7, 11) is 0. The highest BCUT2D eigenvalue weighted by Gasteiger charge is 2.51. The summed E-state index contributed by atoms with van der Waals surface area (Å²) in [6.07, 6.45) is 11.1. The third-order valence-corrected chi connectivity index (χ3v) is 8.79. The largest absolute Gasteiger partial charge is 0.487 e. The standard InChI is InChI=1S/C37H49F2N3O6/c1-24(2)10-7-11-25(3)12-8-13-26(4)14-9-17-36(6)18-15-28-21-29(20-27(5)32(28)48-36)47-35(45)41-31-16-19-42(34(44)40-31)33-37(38,39)22-30(23-43)46-33/h10,12,14,16,19-21,30,33,43H,7-9,11,13,15,17-18,22-23H2,1-6H3,(H,40,41,44,45)/b25-12+,26-14+/t30?,33?,36-/m1/s1. The second-order valence-electron chi connectivity index (χ2n) is 13.6. The molecule has 0 radical (unpaired) electrons. The summed E-state index contributed by atoms with van der Waals surface area (Å²) in [4.78, 5) is 28.8. The Balaban J connectivity index is 1.28. The van der Waals surface area contributed by atoms with Gasteiger partial charge in [-0.05, 0) is 122 Å². The number of nitrogens with one attached hydrogen (secondary N) is 1. The fourth-order valence-electron chi connectivity index (χ4n) is 6.05. The number of nitrogens with zero attached hydrogens (tertiary/aromatic N) is 2. The lowest BCUT2D eigenvalue weighted by molar-refractivity contribution is -0.120. The molecule has 2 aliphatic rings. The van der Waals surface area contributed by atoms with E-state index in [2.05, 4.69) is 63.1 Å². The topological polar surface area (TPSA) is 112 Å². The lowest BCUT2D eigenvalue weighted by Gasteiger charge is -2.37. The van der Waals surface area contributed by atoms with Gasteiger partial charge in [0.25, 0.3) is 5.92 Å². The van der Waals surface area contributed by atoms with E-state index in [0.29, 0.717) is 10.3 Å². The first-order valence-electron chi connectivity index (χ1n) is 16.7. The van der Waals surface area contributed by atoms with Gasteiger partial charge in [0, 0.05) is 12.6 Å². The van der Waals surface area contributed by atoms with Gasteiger partial charge < -0.3 is 19.3 Å². The van der Waals surface area contributed by atoms with Crippen LogP contribution < -0.4 is 20.5 Å². The van der Waals surface area contributed by atoms with Gasteiger partial charge >= 0.3 is 11.8 Å². The first kappa shape index (κ1) is 37.0. The van der Waals surface area contributed by atoms with Gasteiger partial charge in [0.1, 0.15) is 22.9 Å². The number of hydrogen-bond donors (Lipinski definition) is 2. The number of aromatic nitrogens is 2. The Morgan fingerprint density at radius 1 is 1.12 bits per heavy atom. The molecule has 1 aromatic carbocycles. The van der Waals surface area contributed by atoms with Gasteiger partial charge in [-0.3, -0.25) is 9.88 Å². The van der Waals surface area contributed by atoms with Crippen molar-refractivity contribution in [2.45, 2.75) is 123 Å². The number of amides is 1. The van der Waals surface area contributed by atoms with Crippen LogP contribution >= 0.6 is 0 Å². The zero-order chi connectivity index (χ0) is 35.1. The molecule has 3 heterocycles. The summed E-state index contributed by atoms with van der Waals surface area (Å²) in [5, 5.41) is 11.5. The van der Waals surface area contributed by atoms with E-state index in [1.165, 1.54) is 22.8 Å². The summed E-state index contributed by atoms with van der Waals surface area (Å²) in [5.41, 5.74) is 4.61. The van der Waals surface area contributed by atoms with Crippen molar-refractivity contribution in [1.29, 1.82) is 0 Å². The first-order valence-corrected chi connectivity index (χ1v) is 16.7. The number of hydrogen-bond acceptors (Lipinski definition) is 7. The van der Waals surface area contributed by atoms with E-state index in [-0.39, 0.29) is 11.4 Å². The molecule has 1 fully saturated rings. The Bertz CT molecular complexity index is 1610. The Kier molecular flexibility index (Phi) is 12.4. The van der Waals surface area contributed by atoms with Gasteiger partial charge in [-0.25, -0.2) is 18.4 Å². The smallest absolute Gasteiger partial charge is 0.418 e. The Labute approximate surface area is 281 Å². The molecule has 1 aromatic heterocycles. The molecule has 262 valence electrons. The molecule has 2 aromatic rings. The van der Waals surface area contributed by atoms with Crippen molar-refractivity contribution in [3.8, 4) is 11.5 Å². The molecule has 2 aliphatic heterocycles. The molecule has 2 unspecified atom stereocenters. The number of fused-ring (bicyclic) bond motifs is 1. The molecular weight excluding hydrogens is 620 g/mol. The van der Waals surface area contributed by atoms with E-state index in [0.717, 1.165) is 74.4 Å². The van der Waals surface area contributed by atoms with Gasteiger partial charge in [0.05, 0.1) is 12.7 Å². The number of rotatable bonds is 13. The average Bonchev–Trinajstić information content (AvgIpc) is 3.31. The number of aliphatic hydroxyl groups is 1. The first-order chi connectivity index (χ1) is 22.7. The predicted molar refractivity (Wildman–Crippen MR) is 182 cm³/mol. The average molecular weight is 670 g/mol. The summed E-state index contributed by atoms with van der Waals surface area (Å²) >= 11 is 0. The van der Waals surface area contributed by atoms with Crippen LogP contribution in [0.3, 0.4) is 0 Å². The van der Waals surface area contributed by atoms with E-state index in [1.807, 2.05) is 6.92 Å². The van der Waals surface area contributed by atoms with E-state index in [9.17, 15) is 23.5 Å². The number of allylic oxidation sites excluding steroid dienone is 6. The zero-order valence-corrected chi connectivity index (χ0v) is 28.9. The maximum absolute atomic E-state index is 14.3. The molecule has 2 N–H and O–H groups in total. The number of carbonyl (C=O) groups excluding carboxylic acids is 1. The van der Waals surface area contributed by atoms with E-state index >= 15 is 0 Å². The Hall–Kier alpha value is -3.83. The van der Waals surface area contributed by atoms with Crippen molar-refractivity contribution in [3.05, 3.63) is 81.0 Å². The number of carbonyl (C=O) groups is 1. The quantitative estimate of drug-likeness (QED) is 0.206. The molecule has 0 bridgehead atoms. The fourth-order valence-corrected chi connectivity index (χ4v) is 6.05. The number of alkyl halides is 2. The van der Waals surface area contributed by atoms with E-state index < -0.39 is 43.1 Å². The molecule has 11 heteroatoms. The van der Waals surface area contributed by atoms with Crippen molar-refractivity contribution in [3.63, 3.8) is 0 Å². The van der Waals surface area contributed by atoms with Gasteiger partial charge in [-0.1, -0.05) is 34.9 Å². The molecular formula is C37H49F2N3O6. The summed E-state index contributed by atoms with van der Waals surface area (Å²) in [6.45, 7) is 12.1. The molecule has 1 saturated heterocycles. The second-order valence-corrected chi connectivity index (χ2v) is 13.6. The van der Waals surface area contributed by atoms with Crippen molar-refractivity contribution in [1.82, 2.24) is 9.55 Å². The highest BCUT2D eigenvalue weighted by molar-refractivity contribution is 5.85. The summed E-state index contributed by atoms with van der Waals surface area (Å²) in [5.74, 6) is -2.43. The number of aliphatic hydroxyl groups excluding tert-OH is 1. The number of aryl methyl sites for hydroxylation is 2. The number of anilines is 1. The molecule has 48 heavy (non-hydrogen) atoms. The van der Waals surface area contributed by atoms with Gasteiger partial charge in [0.15, 0.2) is 0 Å². The lowest BCUT2D eigenvalue weighted by Crippen LogP contribution is -2.36. The second kappa shape index (κ2) is 16.0. The minimum atomic E-state index is -3.36. The predicted octanol–water partition coefficient (Wildman–Crippen LogP) is 8.36. The Morgan fingerprint density at radius 3 is 2.46 bits per heavy atom. The van der Waals surface area contributed by atoms with Crippen LogP contribution in [0.1, 0.15) is 103 Å². The van der Waals surface area contributed by atoms with Crippen LogP contribution in [0.5, 0.6) is 11.5 Å². The summed E-state index contributed by atoms with van der Waals surface area (Å²) in [6, 6.07) is 4.68. The monoisotopic (exact) mass is 669 g/mol. The molecule has 0 spiro atoms. The van der Waals surface area contributed by atoms with Gasteiger partial charge in [-0.2, -0.15) is 4.98 Å². The highest BCUT2D eigenvalue weighted by Crippen LogP contribution is 2.42. The minimum absolute atomic E-state index is 0.166. The molecule has 0 saturated carbocycles. The maximum atomic E-state index is 14.3. The van der Waals surface area contributed by atoms with Crippen molar-refractivity contribution in [2.75, 3.05) is 11.9 Å². The molecule has 3 atom stereocenters. The van der Waals surface area contributed by atoms with Crippen molar-refractivity contribution >= 4 is 11.9 Å². The van der Waals surface area contributed by atoms with Crippen LogP contribution in [-0.4, -0.2) is 45.0 Å². The van der Waals surface area contributed by atoms with Crippen LogP contribution in [0.15, 0.2) is 64.1 Å². The fraction of sp³-hybridized carbons (Fsp3) is 0.541. The zero-order valence-electron chi connectivity index (χ0n) is 28.9. The van der Waals surface area contributed by atoms with E-state index in [1.54, 1.807) is 12.1 Å². The number of benzene rings is 1. The highest BCUT2D eigenvalue weighted by atomic mass is 19.3. The van der Waals surface area contributed by atoms with Crippen molar-refractivity contribution in [2.24, 2.45) is 0 Å². The number of ether oxygens (including phenoxy) is 3. The molecule has 0 aliphatic carbocycles. The van der Waals surface area contributed by atoms with Crippen LogP contribution in [0, 0.1) is 6.92 Å².